The summed E-state index contributed by atoms with van der Waals surface area (Å²) in [6.07, 6.45) is 3.64. The van der Waals surface area contributed by atoms with E-state index < -0.39 is 5.60 Å². The van der Waals surface area contributed by atoms with Crippen LogP contribution in [0.4, 0.5) is 0 Å². The van der Waals surface area contributed by atoms with Gasteiger partial charge in [-0.1, -0.05) is 30.3 Å². The summed E-state index contributed by atoms with van der Waals surface area (Å²) in [4.78, 5) is 12.4. The summed E-state index contributed by atoms with van der Waals surface area (Å²) >= 11 is 1.65. The molecule has 106 valence electrons. The number of rotatable bonds is 3. The summed E-state index contributed by atoms with van der Waals surface area (Å²) in [5.74, 6) is 0.638. The molecule has 2 heterocycles. The van der Waals surface area contributed by atoms with Crippen molar-refractivity contribution >= 4 is 23.2 Å². The summed E-state index contributed by atoms with van der Waals surface area (Å²) in [5, 5.41) is 4.10. The SMILES string of the molecule is C/C(=C/c1ccsc1)C1=CC(=O)C(C)(c2ccccc2)O1. The van der Waals surface area contributed by atoms with E-state index in [2.05, 4.69) is 5.38 Å². The van der Waals surface area contributed by atoms with Crippen LogP contribution in [0.25, 0.3) is 6.08 Å². The lowest BCUT2D eigenvalue weighted by Crippen LogP contribution is -2.29. The van der Waals surface area contributed by atoms with Gasteiger partial charge in [0.2, 0.25) is 5.78 Å². The summed E-state index contributed by atoms with van der Waals surface area (Å²) in [7, 11) is 0. The predicted molar refractivity (Wildman–Crippen MR) is 85.9 cm³/mol. The van der Waals surface area contributed by atoms with Crippen molar-refractivity contribution in [3.05, 3.63) is 75.7 Å². The number of benzene rings is 1. The Bertz CT molecular complexity index is 711. The third-order valence-electron chi connectivity index (χ3n) is 3.69. The van der Waals surface area contributed by atoms with E-state index >= 15 is 0 Å². The van der Waals surface area contributed by atoms with Crippen LogP contribution < -0.4 is 0 Å². The molecule has 1 aliphatic heterocycles. The fourth-order valence-electron chi connectivity index (χ4n) is 2.39. The second-order valence-electron chi connectivity index (χ2n) is 5.26. The molecule has 2 aromatic rings. The molecule has 0 amide bonds. The molecule has 1 atom stereocenters. The van der Waals surface area contributed by atoms with E-state index in [9.17, 15) is 4.79 Å². The van der Waals surface area contributed by atoms with E-state index in [1.54, 1.807) is 17.4 Å². The minimum atomic E-state index is -0.916. The van der Waals surface area contributed by atoms with Crippen LogP contribution in [0.5, 0.6) is 0 Å². The van der Waals surface area contributed by atoms with E-state index in [4.69, 9.17) is 4.74 Å². The van der Waals surface area contributed by atoms with Gasteiger partial charge in [0.05, 0.1) is 0 Å². The van der Waals surface area contributed by atoms with Crippen molar-refractivity contribution < 1.29 is 9.53 Å². The summed E-state index contributed by atoms with van der Waals surface area (Å²) < 4.78 is 6.00. The Morgan fingerprint density at radius 1 is 1.24 bits per heavy atom. The fraction of sp³-hybridized carbons (Fsp3) is 0.167. The first kappa shape index (κ1) is 13.8. The zero-order valence-corrected chi connectivity index (χ0v) is 12.8. The highest BCUT2D eigenvalue weighted by Crippen LogP contribution is 2.37. The van der Waals surface area contributed by atoms with Crippen LogP contribution in [-0.4, -0.2) is 5.78 Å². The van der Waals surface area contributed by atoms with Crippen LogP contribution in [0, 0.1) is 0 Å². The van der Waals surface area contributed by atoms with Gasteiger partial charge in [-0.15, -0.1) is 0 Å². The number of hydrogen-bond acceptors (Lipinski definition) is 3. The topological polar surface area (TPSA) is 26.3 Å². The monoisotopic (exact) mass is 296 g/mol. The van der Waals surface area contributed by atoms with Gasteiger partial charge in [0.1, 0.15) is 5.76 Å². The van der Waals surface area contributed by atoms with Crippen LogP contribution in [0.2, 0.25) is 0 Å². The highest BCUT2D eigenvalue weighted by atomic mass is 32.1. The number of thiophene rings is 1. The Kier molecular flexibility index (Phi) is 3.52. The molecule has 21 heavy (non-hydrogen) atoms. The van der Waals surface area contributed by atoms with Gasteiger partial charge in [-0.2, -0.15) is 11.3 Å². The molecule has 0 saturated carbocycles. The standard InChI is InChI=1S/C18H16O2S/c1-13(10-14-8-9-21-12-14)16-11-17(19)18(2,20-16)15-6-4-3-5-7-15/h3-12H,1-2H3/b13-10-. The number of allylic oxidation sites excluding steroid dienone is 1. The van der Waals surface area contributed by atoms with Crippen molar-refractivity contribution in [3.8, 4) is 0 Å². The second kappa shape index (κ2) is 5.34. The average molecular weight is 296 g/mol. The molecule has 0 radical (unpaired) electrons. The molecule has 2 nitrogen and oxygen atoms in total. The van der Waals surface area contributed by atoms with Gasteiger partial charge in [-0.25, -0.2) is 0 Å². The number of carbonyl (C=O) groups excluding carboxylic acids is 1. The quantitative estimate of drug-likeness (QED) is 0.830. The molecule has 0 saturated heterocycles. The van der Waals surface area contributed by atoms with Gasteiger partial charge >= 0.3 is 0 Å². The largest absolute Gasteiger partial charge is 0.474 e. The maximum atomic E-state index is 12.4. The number of ketones is 1. The van der Waals surface area contributed by atoms with Gasteiger partial charge in [-0.05, 0) is 47.9 Å². The molecular formula is C18H16O2S. The molecule has 0 spiro atoms. The Morgan fingerprint density at radius 3 is 2.67 bits per heavy atom. The van der Waals surface area contributed by atoms with Crippen LogP contribution in [0.3, 0.4) is 0 Å². The van der Waals surface area contributed by atoms with Gasteiger partial charge in [0.15, 0.2) is 5.60 Å². The molecule has 1 aliphatic rings. The van der Waals surface area contributed by atoms with Gasteiger partial charge in [0.25, 0.3) is 0 Å². The Labute approximate surface area is 128 Å². The molecule has 0 N–H and O–H groups in total. The number of ether oxygens (including phenoxy) is 1. The van der Waals surface area contributed by atoms with Crippen molar-refractivity contribution in [2.24, 2.45) is 0 Å². The molecule has 0 aliphatic carbocycles. The number of hydrogen-bond donors (Lipinski definition) is 0. The minimum absolute atomic E-state index is 0.0123. The maximum Gasteiger partial charge on any atom is 0.207 e. The zero-order chi connectivity index (χ0) is 14.9. The lowest BCUT2D eigenvalue weighted by atomic mass is 9.92. The lowest BCUT2D eigenvalue weighted by Gasteiger charge is -2.24. The molecular weight excluding hydrogens is 280 g/mol. The first-order chi connectivity index (χ1) is 10.1. The average Bonchev–Trinajstić information content (AvgIpc) is 3.10. The molecule has 3 rings (SSSR count). The van der Waals surface area contributed by atoms with Crippen LogP contribution in [-0.2, 0) is 15.1 Å². The Morgan fingerprint density at radius 2 is 2.00 bits per heavy atom. The Hall–Kier alpha value is -2.13. The predicted octanol–water partition coefficient (Wildman–Crippen LogP) is 4.55. The molecule has 1 aromatic carbocycles. The third kappa shape index (κ3) is 2.57. The molecule has 0 bridgehead atoms. The van der Waals surface area contributed by atoms with Gasteiger partial charge in [0, 0.05) is 11.6 Å². The van der Waals surface area contributed by atoms with Crippen molar-refractivity contribution in [2.75, 3.05) is 0 Å². The fourth-order valence-corrected chi connectivity index (χ4v) is 3.00. The number of carbonyl (C=O) groups is 1. The molecule has 1 unspecified atom stereocenters. The zero-order valence-electron chi connectivity index (χ0n) is 12.0. The van der Waals surface area contributed by atoms with E-state index in [1.165, 1.54) is 0 Å². The van der Waals surface area contributed by atoms with Crippen molar-refractivity contribution in [2.45, 2.75) is 19.4 Å². The van der Waals surface area contributed by atoms with Crippen LogP contribution in [0.1, 0.15) is 25.0 Å². The van der Waals surface area contributed by atoms with E-state index in [1.807, 2.05) is 61.7 Å². The van der Waals surface area contributed by atoms with Crippen molar-refractivity contribution in [1.82, 2.24) is 0 Å². The van der Waals surface area contributed by atoms with Crippen LogP contribution in [0.15, 0.2) is 64.6 Å². The van der Waals surface area contributed by atoms with E-state index in [0.29, 0.717) is 5.76 Å². The first-order valence-electron chi connectivity index (χ1n) is 6.81. The van der Waals surface area contributed by atoms with Gasteiger partial charge < -0.3 is 4.74 Å². The maximum absolute atomic E-state index is 12.4. The van der Waals surface area contributed by atoms with Crippen molar-refractivity contribution in [3.63, 3.8) is 0 Å². The van der Waals surface area contributed by atoms with Crippen molar-refractivity contribution in [1.29, 1.82) is 0 Å². The van der Waals surface area contributed by atoms with E-state index in [-0.39, 0.29) is 5.78 Å². The molecule has 0 fully saturated rings. The summed E-state index contributed by atoms with van der Waals surface area (Å²) in [6.45, 7) is 3.79. The normalized spacial score (nSPS) is 22.1. The minimum Gasteiger partial charge on any atom is -0.474 e. The van der Waals surface area contributed by atoms with E-state index in [0.717, 1.165) is 16.7 Å². The molecule has 3 heteroatoms. The summed E-state index contributed by atoms with van der Waals surface area (Å²) in [5.41, 5.74) is 2.05. The Balaban J connectivity index is 1.89. The smallest absolute Gasteiger partial charge is 0.207 e. The molecule has 1 aromatic heterocycles. The highest BCUT2D eigenvalue weighted by molar-refractivity contribution is 7.08. The highest BCUT2D eigenvalue weighted by Gasteiger charge is 2.41. The first-order valence-corrected chi connectivity index (χ1v) is 7.75. The summed E-state index contributed by atoms with van der Waals surface area (Å²) in [6, 6.07) is 11.7. The van der Waals surface area contributed by atoms with Crippen LogP contribution >= 0.6 is 11.3 Å². The third-order valence-corrected chi connectivity index (χ3v) is 4.39. The second-order valence-corrected chi connectivity index (χ2v) is 6.04. The lowest BCUT2D eigenvalue weighted by molar-refractivity contribution is -0.129. The van der Waals surface area contributed by atoms with Gasteiger partial charge in [-0.3, -0.25) is 4.79 Å².